The minimum atomic E-state index is -3.42. The molecule has 1 amide bonds. The topological polar surface area (TPSA) is 81.2 Å². The van der Waals surface area contributed by atoms with E-state index in [0.717, 1.165) is 12.8 Å². The van der Waals surface area contributed by atoms with Crippen molar-refractivity contribution in [3.8, 4) is 5.75 Å². The Balaban J connectivity index is 1.66. The number of carbonyl (C=O) groups is 1. The Hall–Kier alpha value is -1.16. The number of halogens is 1. The zero-order valence-electron chi connectivity index (χ0n) is 13.2. The smallest absolute Gasteiger partial charge is 0.282 e. The van der Waals surface area contributed by atoms with Crippen LogP contribution < -0.4 is 0 Å². The molecule has 9 heteroatoms. The molecular weight excluding hydrogens is 398 g/mol. The minimum Gasteiger partial charge on any atom is -0.507 e. The molecule has 0 bridgehead atoms. The van der Waals surface area contributed by atoms with Crippen molar-refractivity contribution in [1.82, 2.24) is 13.5 Å². The van der Waals surface area contributed by atoms with Gasteiger partial charge < -0.3 is 10.0 Å². The fraction of sp³-hybridized carbons (Fsp3) is 0.533. The van der Waals surface area contributed by atoms with Gasteiger partial charge in [-0.1, -0.05) is 15.9 Å². The summed E-state index contributed by atoms with van der Waals surface area (Å²) in [4.78, 5) is 14.1. The van der Waals surface area contributed by atoms with Gasteiger partial charge in [-0.3, -0.25) is 4.79 Å². The fourth-order valence-electron chi connectivity index (χ4n) is 3.05. The van der Waals surface area contributed by atoms with Gasteiger partial charge in [-0.05, 0) is 31.0 Å². The predicted molar refractivity (Wildman–Crippen MR) is 93.0 cm³/mol. The van der Waals surface area contributed by atoms with E-state index >= 15 is 0 Å². The molecule has 0 aromatic heterocycles. The quantitative estimate of drug-likeness (QED) is 0.802. The Morgan fingerprint density at radius 3 is 2.21 bits per heavy atom. The molecule has 2 aliphatic rings. The molecule has 0 unspecified atom stereocenters. The molecule has 2 aliphatic heterocycles. The third-order valence-corrected chi connectivity index (χ3v) is 6.96. The van der Waals surface area contributed by atoms with Gasteiger partial charge in [-0.2, -0.15) is 17.0 Å². The summed E-state index contributed by atoms with van der Waals surface area (Å²) in [6.45, 7) is 2.34. The maximum Gasteiger partial charge on any atom is 0.282 e. The zero-order valence-corrected chi connectivity index (χ0v) is 15.6. The monoisotopic (exact) mass is 417 g/mol. The average Bonchev–Trinajstić information content (AvgIpc) is 3.12. The van der Waals surface area contributed by atoms with Gasteiger partial charge in [0, 0.05) is 43.7 Å². The zero-order chi connectivity index (χ0) is 17.3. The van der Waals surface area contributed by atoms with E-state index in [1.165, 1.54) is 14.7 Å². The van der Waals surface area contributed by atoms with E-state index in [9.17, 15) is 18.3 Å². The second kappa shape index (κ2) is 6.99. The molecular formula is C15H20BrN3O4S. The van der Waals surface area contributed by atoms with Crippen LogP contribution in [-0.4, -0.2) is 72.2 Å². The molecule has 2 fully saturated rings. The number of phenolic OH excluding ortho intramolecular Hbond substituents is 1. The number of amides is 1. The predicted octanol–water partition coefficient (Wildman–Crippen LogP) is 1.25. The molecule has 7 nitrogen and oxygen atoms in total. The lowest BCUT2D eigenvalue weighted by Gasteiger charge is -2.35. The van der Waals surface area contributed by atoms with E-state index in [4.69, 9.17) is 0 Å². The van der Waals surface area contributed by atoms with Gasteiger partial charge in [0.1, 0.15) is 5.75 Å². The van der Waals surface area contributed by atoms with Gasteiger partial charge in [-0.15, -0.1) is 0 Å². The molecule has 0 spiro atoms. The Morgan fingerprint density at radius 2 is 1.58 bits per heavy atom. The highest BCUT2D eigenvalue weighted by atomic mass is 79.9. The number of benzene rings is 1. The third-order valence-electron chi connectivity index (χ3n) is 4.43. The van der Waals surface area contributed by atoms with Crippen molar-refractivity contribution in [3.05, 3.63) is 28.2 Å². The third kappa shape index (κ3) is 3.44. The molecule has 2 saturated heterocycles. The van der Waals surface area contributed by atoms with Crippen LogP contribution in [0.5, 0.6) is 5.75 Å². The van der Waals surface area contributed by atoms with E-state index in [0.29, 0.717) is 30.7 Å². The number of hydrogen-bond donors (Lipinski definition) is 1. The van der Waals surface area contributed by atoms with Gasteiger partial charge in [-0.25, -0.2) is 0 Å². The summed E-state index contributed by atoms with van der Waals surface area (Å²) in [6, 6.07) is 4.70. The number of piperazine rings is 1. The van der Waals surface area contributed by atoms with Crippen LogP contribution in [0.15, 0.2) is 22.7 Å². The highest BCUT2D eigenvalue weighted by Gasteiger charge is 2.35. The van der Waals surface area contributed by atoms with Gasteiger partial charge in [0.05, 0.1) is 5.56 Å². The Bertz CT molecular complexity index is 726. The van der Waals surface area contributed by atoms with Gasteiger partial charge in [0.2, 0.25) is 0 Å². The van der Waals surface area contributed by atoms with E-state index < -0.39 is 10.2 Å². The second-order valence-electron chi connectivity index (χ2n) is 5.97. The van der Waals surface area contributed by atoms with Crippen LogP contribution in [0, 0.1) is 0 Å². The summed E-state index contributed by atoms with van der Waals surface area (Å²) < 4.78 is 28.7. The summed E-state index contributed by atoms with van der Waals surface area (Å²) in [5.74, 6) is -0.359. The van der Waals surface area contributed by atoms with Gasteiger partial charge in [0.25, 0.3) is 16.1 Å². The number of phenols is 1. The first-order valence-corrected chi connectivity index (χ1v) is 10.1. The van der Waals surface area contributed by atoms with E-state index in [1.54, 1.807) is 17.0 Å². The van der Waals surface area contributed by atoms with Crippen LogP contribution in [0.2, 0.25) is 0 Å². The molecule has 132 valence electrons. The highest BCUT2D eigenvalue weighted by molar-refractivity contribution is 9.10. The van der Waals surface area contributed by atoms with Crippen molar-refractivity contribution in [1.29, 1.82) is 0 Å². The first kappa shape index (κ1) is 17.7. The standard InChI is InChI=1S/C15H20BrN3O4S/c16-12-3-4-14(20)13(11-12)15(21)17-7-9-19(10-8-17)24(22,23)18-5-1-2-6-18/h3-4,11,20H,1-2,5-10H2. The number of nitrogens with zero attached hydrogens (tertiary/aromatic N) is 3. The first-order chi connectivity index (χ1) is 11.4. The van der Waals surface area contributed by atoms with Crippen LogP contribution in [0.3, 0.4) is 0 Å². The Labute approximate surface area is 150 Å². The molecule has 0 atom stereocenters. The number of hydrogen-bond acceptors (Lipinski definition) is 4. The maximum absolute atomic E-state index is 12.6. The Morgan fingerprint density at radius 1 is 1.00 bits per heavy atom. The summed E-state index contributed by atoms with van der Waals surface area (Å²) in [5, 5.41) is 9.88. The normalized spacial score (nSPS) is 20.5. The summed E-state index contributed by atoms with van der Waals surface area (Å²) in [5.41, 5.74) is 0.222. The van der Waals surface area contributed by atoms with Crippen LogP contribution in [0.25, 0.3) is 0 Å². The van der Waals surface area contributed by atoms with Crippen molar-refractivity contribution in [2.45, 2.75) is 12.8 Å². The van der Waals surface area contributed by atoms with E-state index in [1.807, 2.05) is 0 Å². The SMILES string of the molecule is O=C(c1cc(Br)ccc1O)N1CCN(S(=O)(=O)N2CCCC2)CC1. The molecule has 24 heavy (non-hydrogen) atoms. The first-order valence-electron chi connectivity index (χ1n) is 7.92. The second-order valence-corrected chi connectivity index (χ2v) is 8.81. The molecule has 0 saturated carbocycles. The molecule has 1 aromatic rings. The van der Waals surface area contributed by atoms with Crippen LogP contribution in [0.4, 0.5) is 0 Å². The lowest BCUT2D eigenvalue weighted by Crippen LogP contribution is -2.53. The summed E-state index contributed by atoms with van der Waals surface area (Å²) in [6.07, 6.45) is 1.81. The molecule has 1 N–H and O–H groups in total. The summed E-state index contributed by atoms with van der Waals surface area (Å²) >= 11 is 3.29. The van der Waals surface area contributed by atoms with Gasteiger partial charge >= 0.3 is 0 Å². The van der Waals surface area contributed by atoms with Crippen molar-refractivity contribution < 1.29 is 18.3 Å². The largest absolute Gasteiger partial charge is 0.507 e. The molecule has 2 heterocycles. The summed E-state index contributed by atoms with van der Waals surface area (Å²) in [7, 11) is -3.42. The number of rotatable bonds is 3. The van der Waals surface area contributed by atoms with Crippen molar-refractivity contribution in [2.24, 2.45) is 0 Å². The minimum absolute atomic E-state index is 0.0738. The van der Waals surface area contributed by atoms with Crippen LogP contribution in [0.1, 0.15) is 23.2 Å². The molecule has 0 aliphatic carbocycles. The Kier molecular flexibility index (Phi) is 5.14. The molecule has 3 rings (SSSR count). The van der Waals surface area contributed by atoms with Gasteiger partial charge in [0.15, 0.2) is 0 Å². The van der Waals surface area contributed by atoms with Crippen LogP contribution >= 0.6 is 15.9 Å². The number of aromatic hydroxyl groups is 1. The van der Waals surface area contributed by atoms with E-state index in [2.05, 4.69) is 15.9 Å². The van der Waals surface area contributed by atoms with Crippen molar-refractivity contribution >= 4 is 32.0 Å². The van der Waals surface area contributed by atoms with Crippen molar-refractivity contribution in [2.75, 3.05) is 39.3 Å². The van der Waals surface area contributed by atoms with Crippen molar-refractivity contribution in [3.63, 3.8) is 0 Å². The van der Waals surface area contributed by atoms with Crippen LogP contribution in [-0.2, 0) is 10.2 Å². The lowest BCUT2D eigenvalue weighted by molar-refractivity contribution is 0.0691. The average molecular weight is 418 g/mol. The molecule has 1 aromatic carbocycles. The lowest BCUT2D eigenvalue weighted by atomic mass is 10.1. The van der Waals surface area contributed by atoms with E-state index in [-0.39, 0.29) is 30.3 Å². The fourth-order valence-corrected chi connectivity index (χ4v) is 5.09. The maximum atomic E-state index is 12.6. The number of carbonyl (C=O) groups excluding carboxylic acids is 1. The molecule has 0 radical (unpaired) electrons. The highest BCUT2D eigenvalue weighted by Crippen LogP contribution is 2.24.